The zero-order valence-corrected chi connectivity index (χ0v) is 14.5. The van der Waals surface area contributed by atoms with E-state index in [-0.39, 0.29) is 5.91 Å². The number of halogens is 2. The molecule has 3 rings (SSSR count). The molecule has 0 aliphatic rings. The molecule has 116 valence electrons. The van der Waals surface area contributed by atoms with E-state index in [0.717, 1.165) is 16.3 Å². The van der Waals surface area contributed by atoms with Gasteiger partial charge in [-0.2, -0.15) is 0 Å². The third kappa shape index (κ3) is 3.65. The number of hydrogen-bond acceptors (Lipinski definition) is 3. The van der Waals surface area contributed by atoms with Crippen LogP contribution in [0.25, 0.3) is 11.3 Å². The summed E-state index contributed by atoms with van der Waals surface area (Å²) in [5.41, 5.74) is 2.97. The van der Waals surface area contributed by atoms with E-state index in [1.807, 2.05) is 36.6 Å². The predicted molar refractivity (Wildman–Crippen MR) is 94.3 cm³/mol. The molecule has 1 aromatic heterocycles. The highest BCUT2D eigenvalue weighted by Crippen LogP contribution is 2.24. The van der Waals surface area contributed by atoms with Gasteiger partial charge in [0.2, 0.25) is 0 Å². The van der Waals surface area contributed by atoms with Crippen LogP contribution in [-0.2, 0) is 0 Å². The van der Waals surface area contributed by atoms with Crippen LogP contribution in [0.15, 0.2) is 52.3 Å². The minimum Gasteiger partial charge on any atom is -0.322 e. The van der Waals surface area contributed by atoms with Gasteiger partial charge in [0.25, 0.3) is 5.91 Å². The number of rotatable bonds is 3. The van der Waals surface area contributed by atoms with E-state index in [9.17, 15) is 9.18 Å². The van der Waals surface area contributed by atoms with E-state index in [1.165, 1.54) is 18.2 Å². The van der Waals surface area contributed by atoms with Gasteiger partial charge in [0.05, 0.1) is 16.3 Å². The third-order valence-electron chi connectivity index (χ3n) is 3.23. The zero-order valence-electron chi connectivity index (χ0n) is 12.1. The van der Waals surface area contributed by atoms with Crippen molar-refractivity contribution in [3.8, 4) is 11.3 Å². The van der Waals surface area contributed by atoms with Crippen molar-refractivity contribution in [3.63, 3.8) is 0 Å². The Morgan fingerprint density at radius 1 is 1.22 bits per heavy atom. The smallest absolute Gasteiger partial charge is 0.256 e. The molecule has 0 saturated heterocycles. The summed E-state index contributed by atoms with van der Waals surface area (Å²) in [4.78, 5) is 16.7. The third-order valence-corrected chi connectivity index (χ3v) is 4.66. The van der Waals surface area contributed by atoms with Gasteiger partial charge in [-0.25, -0.2) is 9.37 Å². The molecule has 1 N–H and O–H groups in total. The van der Waals surface area contributed by atoms with E-state index in [4.69, 9.17) is 0 Å². The van der Waals surface area contributed by atoms with Crippen molar-refractivity contribution in [2.24, 2.45) is 0 Å². The molecule has 0 aliphatic carbocycles. The molecule has 6 heteroatoms. The van der Waals surface area contributed by atoms with Crippen molar-refractivity contribution >= 4 is 38.9 Å². The Balaban J connectivity index is 1.76. The molecule has 1 heterocycles. The molecule has 0 spiro atoms. The number of anilines is 1. The molecule has 0 aliphatic heterocycles. The SMILES string of the molecule is Cc1nc(-c2ccc(NC(=O)c3ccc(F)cc3Br)cc2)cs1. The van der Waals surface area contributed by atoms with Crippen molar-refractivity contribution in [2.75, 3.05) is 5.32 Å². The summed E-state index contributed by atoms with van der Waals surface area (Å²) < 4.78 is 13.5. The molecule has 3 nitrogen and oxygen atoms in total. The fourth-order valence-electron chi connectivity index (χ4n) is 2.09. The van der Waals surface area contributed by atoms with E-state index in [1.54, 1.807) is 11.3 Å². The van der Waals surface area contributed by atoms with Gasteiger partial charge < -0.3 is 5.32 Å². The molecule has 23 heavy (non-hydrogen) atoms. The molecular formula is C17H12BrFN2OS. The highest BCUT2D eigenvalue weighted by atomic mass is 79.9. The molecule has 2 aromatic carbocycles. The zero-order chi connectivity index (χ0) is 16.4. The fourth-order valence-corrected chi connectivity index (χ4v) is 3.25. The number of benzene rings is 2. The average molecular weight is 391 g/mol. The summed E-state index contributed by atoms with van der Waals surface area (Å²) in [7, 11) is 0. The second-order valence-electron chi connectivity index (χ2n) is 4.91. The number of aromatic nitrogens is 1. The predicted octanol–water partition coefficient (Wildman–Crippen LogP) is 5.27. The summed E-state index contributed by atoms with van der Waals surface area (Å²) in [6.07, 6.45) is 0. The lowest BCUT2D eigenvalue weighted by molar-refractivity contribution is 0.102. The van der Waals surface area contributed by atoms with Crippen LogP contribution in [0, 0.1) is 12.7 Å². The van der Waals surface area contributed by atoms with Crippen molar-refractivity contribution in [3.05, 3.63) is 68.7 Å². The largest absolute Gasteiger partial charge is 0.322 e. The molecule has 0 atom stereocenters. The average Bonchev–Trinajstić information content (AvgIpc) is 2.94. The highest BCUT2D eigenvalue weighted by Gasteiger charge is 2.11. The minimum absolute atomic E-state index is 0.297. The molecule has 0 fully saturated rings. The lowest BCUT2D eigenvalue weighted by atomic mass is 10.1. The van der Waals surface area contributed by atoms with Crippen LogP contribution < -0.4 is 5.32 Å². The van der Waals surface area contributed by atoms with Gasteiger partial charge in [0.1, 0.15) is 5.82 Å². The second kappa shape index (κ2) is 6.60. The Hall–Kier alpha value is -2.05. The number of hydrogen-bond donors (Lipinski definition) is 1. The Kier molecular flexibility index (Phi) is 4.54. The first-order valence-electron chi connectivity index (χ1n) is 6.82. The van der Waals surface area contributed by atoms with E-state index < -0.39 is 5.82 Å². The number of amides is 1. The Bertz CT molecular complexity index is 861. The van der Waals surface area contributed by atoms with Gasteiger partial charge in [-0.3, -0.25) is 4.79 Å². The monoisotopic (exact) mass is 390 g/mol. The highest BCUT2D eigenvalue weighted by molar-refractivity contribution is 9.10. The van der Waals surface area contributed by atoms with E-state index in [0.29, 0.717) is 15.7 Å². The molecule has 0 bridgehead atoms. The summed E-state index contributed by atoms with van der Waals surface area (Å²) in [5.74, 6) is -0.689. The van der Waals surface area contributed by atoms with E-state index in [2.05, 4.69) is 26.2 Å². The minimum atomic E-state index is -0.392. The summed E-state index contributed by atoms with van der Waals surface area (Å²) in [6, 6.07) is 11.4. The normalized spacial score (nSPS) is 10.6. The Morgan fingerprint density at radius 2 is 1.96 bits per heavy atom. The number of carbonyl (C=O) groups is 1. The van der Waals surface area contributed by atoms with Crippen LogP contribution in [0.4, 0.5) is 10.1 Å². The maximum absolute atomic E-state index is 13.1. The Morgan fingerprint density at radius 3 is 2.57 bits per heavy atom. The van der Waals surface area contributed by atoms with Crippen molar-refractivity contribution < 1.29 is 9.18 Å². The quantitative estimate of drug-likeness (QED) is 0.661. The van der Waals surface area contributed by atoms with Gasteiger partial charge in [0, 0.05) is 21.1 Å². The standard InChI is InChI=1S/C17H12BrFN2OS/c1-10-20-16(9-23-10)11-2-5-13(6-3-11)21-17(22)14-7-4-12(19)8-15(14)18/h2-9H,1H3,(H,21,22). The first-order chi connectivity index (χ1) is 11.0. The van der Waals surface area contributed by atoms with Gasteiger partial charge in [-0.15, -0.1) is 11.3 Å². The maximum atomic E-state index is 13.1. The molecule has 3 aromatic rings. The van der Waals surface area contributed by atoms with Crippen molar-refractivity contribution in [1.29, 1.82) is 0 Å². The number of aryl methyl sites for hydroxylation is 1. The topological polar surface area (TPSA) is 42.0 Å². The maximum Gasteiger partial charge on any atom is 0.256 e. The number of carbonyl (C=O) groups excluding carboxylic acids is 1. The van der Waals surface area contributed by atoms with Gasteiger partial charge >= 0.3 is 0 Å². The lowest BCUT2D eigenvalue weighted by Gasteiger charge is -2.07. The fraction of sp³-hybridized carbons (Fsp3) is 0.0588. The van der Waals surface area contributed by atoms with Crippen LogP contribution in [0.5, 0.6) is 0 Å². The molecular weight excluding hydrogens is 379 g/mol. The molecule has 0 radical (unpaired) electrons. The Labute approximate surface area is 145 Å². The number of nitrogens with one attached hydrogen (secondary N) is 1. The van der Waals surface area contributed by atoms with Gasteiger partial charge in [-0.1, -0.05) is 12.1 Å². The summed E-state index contributed by atoms with van der Waals surface area (Å²) in [6.45, 7) is 1.96. The van der Waals surface area contributed by atoms with Crippen LogP contribution in [0.2, 0.25) is 0 Å². The van der Waals surface area contributed by atoms with Gasteiger partial charge in [-0.05, 0) is 53.2 Å². The van der Waals surface area contributed by atoms with Crippen molar-refractivity contribution in [2.45, 2.75) is 6.92 Å². The molecule has 0 saturated carbocycles. The summed E-state index contributed by atoms with van der Waals surface area (Å²) >= 11 is 4.80. The number of nitrogens with zero attached hydrogens (tertiary/aromatic N) is 1. The van der Waals surface area contributed by atoms with Crippen LogP contribution >= 0.6 is 27.3 Å². The van der Waals surface area contributed by atoms with Crippen molar-refractivity contribution in [1.82, 2.24) is 4.98 Å². The lowest BCUT2D eigenvalue weighted by Crippen LogP contribution is -2.12. The van der Waals surface area contributed by atoms with Crippen LogP contribution in [-0.4, -0.2) is 10.9 Å². The first kappa shape index (κ1) is 15.8. The summed E-state index contributed by atoms with van der Waals surface area (Å²) in [5, 5.41) is 5.80. The molecule has 0 unspecified atom stereocenters. The molecule has 1 amide bonds. The van der Waals surface area contributed by atoms with Crippen LogP contribution in [0.1, 0.15) is 15.4 Å². The first-order valence-corrected chi connectivity index (χ1v) is 8.49. The van der Waals surface area contributed by atoms with E-state index >= 15 is 0 Å². The number of thiazole rings is 1. The second-order valence-corrected chi connectivity index (χ2v) is 6.82. The van der Waals surface area contributed by atoms with Gasteiger partial charge in [0.15, 0.2) is 0 Å². The van der Waals surface area contributed by atoms with Crippen LogP contribution in [0.3, 0.4) is 0 Å².